The Balaban J connectivity index is 1.88. The van der Waals surface area contributed by atoms with E-state index in [9.17, 15) is 0 Å². The van der Waals surface area contributed by atoms with Crippen molar-refractivity contribution in [3.05, 3.63) is 11.6 Å². The van der Waals surface area contributed by atoms with Crippen molar-refractivity contribution >= 4 is 17.7 Å². The lowest BCUT2D eigenvalue weighted by Crippen LogP contribution is -2.42. The van der Waals surface area contributed by atoms with Crippen molar-refractivity contribution in [2.75, 3.05) is 18.6 Å². The Morgan fingerprint density at radius 3 is 2.74 bits per heavy atom. The van der Waals surface area contributed by atoms with Gasteiger partial charge in [0.1, 0.15) is 12.4 Å². The molecule has 1 fully saturated rings. The number of thioether (sulfide) groups is 1. The van der Waals surface area contributed by atoms with E-state index >= 15 is 0 Å². The van der Waals surface area contributed by atoms with Crippen molar-refractivity contribution in [2.45, 2.75) is 58.0 Å². The fourth-order valence-corrected chi connectivity index (χ4v) is 3.23. The summed E-state index contributed by atoms with van der Waals surface area (Å²) in [5, 5.41) is 15.3. The number of hydrogen-bond donors (Lipinski definition) is 2. The third-order valence-electron chi connectivity index (χ3n) is 4.33. The van der Waals surface area contributed by atoms with Gasteiger partial charge in [0.2, 0.25) is 0 Å². The van der Waals surface area contributed by atoms with Crippen molar-refractivity contribution in [2.24, 2.45) is 12.0 Å². The predicted octanol–water partition coefficient (Wildman–Crippen LogP) is 2.24. The maximum Gasteiger partial charge on any atom is 0.191 e. The van der Waals surface area contributed by atoms with Gasteiger partial charge < -0.3 is 15.2 Å². The highest BCUT2D eigenvalue weighted by atomic mass is 32.2. The average Bonchev–Trinajstić information content (AvgIpc) is 3.16. The van der Waals surface area contributed by atoms with E-state index in [0.717, 1.165) is 24.2 Å². The lowest BCUT2D eigenvalue weighted by Gasteiger charge is -2.17. The number of guanidine groups is 1. The van der Waals surface area contributed by atoms with Gasteiger partial charge in [-0.05, 0) is 44.6 Å². The van der Waals surface area contributed by atoms with Crippen LogP contribution in [0.15, 0.2) is 4.99 Å². The number of nitrogens with zero attached hydrogens (tertiary/aromatic N) is 4. The van der Waals surface area contributed by atoms with Crippen LogP contribution in [0.5, 0.6) is 0 Å². The molecule has 0 atom stereocenters. The molecule has 1 heterocycles. The molecule has 0 aliphatic heterocycles. The van der Waals surface area contributed by atoms with Gasteiger partial charge in [-0.15, -0.1) is 10.2 Å². The Labute approximate surface area is 143 Å². The van der Waals surface area contributed by atoms with Gasteiger partial charge in [0, 0.05) is 19.6 Å². The molecule has 0 spiro atoms. The summed E-state index contributed by atoms with van der Waals surface area (Å²) in [6.07, 6.45) is 9.71. The van der Waals surface area contributed by atoms with Gasteiger partial charge >= 0.3 is 0 Å². The number of rotatable bonds is 8. The van der Waals surface area contributed by atoms with E-state index in [-0.39, 0.29) is 0 Å². The summed E-state index contributed by atoms with van der Waals surface area (Å²) >= 11 is 1.91. The van der Waals surface area contributed by atoms with Crippen LogP contribution in [0.3, 0.4) is 0 Å². The number of aromatic nitrogens is 3. The molecule has 0 bridgehead atoms. The highest BCUT2D eigenvalue weighted by Crippen LogP contribution is 2.17. The maximum atomic E-state index is 4.72. The number of aryl methyl sites for hydroxylation is 1. The fourth-order valence-electron chi connectivity index (χ4n) is 2.73. The topological polar surface area (TPSA) is 67.1 Å². The first kappa shape index (κ1) is 18.1. The van der Waals surface area contributed by atoms with Gasteiger partial charge in [0.05, 0.1) is 0 Å². The van der Waals surface area contributed by atoms with Crippen LogP contribution in [0.1, 0.15) is 50.2 Å². The zero-order chi connectivity index (χ0) is 16.5. The minimum atomic E-state index is 0.560. The highest BCUT2D eigenvalue weighted by molar-refractivity contribution is 7.98. The third-order valence-corrected chi connectivity index (χ3v) is 5.02. The van der Waals surface area contributed by atoms with Crippen LogP contribution in [0, 0.1) is 6.92 Å². The number of hydrogen-bond acceptors (Lipinski definition) is 4. The Hall–Kier alpha value is -1.24. The van der Waals surface area contributed by atoms with Crippen molar-refractivity contribution in [1.82, 2.24) is 25.4 Å². The van der Waals surface area contributed by atoms with Crippen LogP contribution in [0.2, 0.25) is 0 Å². The predicted molar refractivity (Wildman–Crippen MR) is 97.9 cm³/mol. The van der Waals surface area contributed by atoms with Gasteiger partial charge in [0.15, 0.2) is 11.8 Å². The SMILES string of the molecule is CSCCCCNC(=NCc1nnc(C)n1C)NC1CCCC1. The van der Waals surface area contributed by atoms with Gasteiger partial charge in [-0.3, -0.25) is 0 Å². The molecule has 0 radical (unpaired) electrons. The molecule has 1 aliphatic rings. The monoisotopic (exact) mass is 338 g/mol. The summed E-state index contributed by atoms with van der Waals surface area (Å²) in [5.74, 6) is 3.97. The van der Waals surface area contributed by atoms with E-state index < -0.39 is 0 Å². The smallest absolute Gasteiger partial charge is 0.191 e. The van der Waals surface area contributed by atoms with Gasteiger partial charge in [-0.25, -0.2) is 4.99 Å². The number of unbranched alkanes of at least 4 members (excludes halogenated alkanes) is 1. The lowest BCUT2D eigenvalue weighted by molar-refractivity contribution is 0.606. The second kappa shape index (κ2) is 9.80. The summed E-state index contributed by atoms with van der Waals surface area (Å²) in [5.41, 5.74) is 0. The van der Waals surface area contributed by atoms with E-state index in [2.05, 4.69) is 27.1 Å². The van der Waals surface area contributed by atoms with Gasteiger partial charge in [0.25, 0.3) is 0 Å². The lowest BCUT2D eigenvalue weighted by atomic mass is 10.2. The third kappa shape index (κ3) is 6.05. The van der Waals surface area contributed by atoms with Crippen molar-refractivity contribution in [3.63, 3.8) is 0 Å². The number of nitrogens with one attached hydrogen (secondary N) is 2. The quantitative estimate of drug-likeness (QED) is 0.432. The summed E-state index contributed by atoms with van der Waals surface area (Å²) in [4.78, 5) is 4.72. The van der Waals surface area contributed by atoms with Crippen LogP contribution in [-0.4, -0.2) is 45.3 Å². The van der Waals surface area contributed by atoms with E-state index in [1.807, 2.05) is 30.3 Å². The first-order chi connectivity index (χ1) is 11.2. The van der Waals surface area contributed by atoms with E-state index in [0.29, 0.717) is 12.6 Å². The summed E-state index contributed by atoms with van der Waals surface area (Å²) in [6.45, 7) is 3.49. The van der Waals surface area contributed by atoms with E-state index in [1.165, 1.54) is 44.3 Å². The average molecular weight is 339 g/mol. The molecule has 1 aromatic heterocycles. The molecule has 6 nitrogen and oxygen atoms in total. The molecule has 0 amide bonds. The molecule has 0 unspecified atom stereocenters. The summed E-state index contributed by atoms with van der Waals surface area (Å²) in [6, 6.07) is 0.564. The minimum absolute atomic E-state index is 0.560. The van der Waals surface area contributed by atoms with Crippen molar-refractivity contribution in [1.29, 1.82) is 0 Å². The standard InChI is InChI=1S/C16H30N6S/c1-13-20-21-15(22(13)2)12-18-16(17-10-6-7-11-23-3)19-14-8-4-5-9-14/h14H,4-12H2,1-3H3,(H2,17,18,19). The Morgan fingerprint density at radius 1 is 1.30 bits per heavy atom. The summed E-state index contributed by atoms with van der Waals surface area (Å²) < 4.78 is 2.00. The zero-order valence-electron chi connectivity index (χ0n) is 14.6. The molecule has 130 valence electrons. The van der Waals surface area contributed by atoms with Crippen molar-refractivity contribution in [3.8, 4) is 0 Å². The molecule has 0 saturated heterocycles. The first-order valence-corrected chi connectivity index (χ1v) is 9.98. The molecule has 2 rings (SSSR count). The molecule has 1 aliphatic carbocycles. The van der Waals surface area contributed by atoms with Crippen molar-refractivity contribution < 1.29 is 0 Å². The second-order valence-corrected chi connectivity index (χ2v) is 7.13. The summed E-state index contributed by atoms with van der Waals surface area (Å²) in [7, 11) is 1.99. The van der Waals surface area contributed by atoms with Crippen LogP contribution >= 0.6 is 11.8 Å². The molecule has 1 aromatic rings. The Kier molecular flexibility index (Phi) is 7.71. The van der Waals surface area contributed by atoms with Gasteiger partial charge in [-0.1, -0.05) is 12.8 Å². The zero-order valence-corrected chi connectivity index (χ0v) is 15.5. The first-order valence-electron chi connectivity index (χ1n) is 8.59. The second-order valence-electron chi connectivity index (χ2n) is 6.14. The maximum absolute atomic E-state index is 4.72. The fraction of sp³-hybridized carbons (Fsp3) is 0.812. The van der Waals surface area contributed by atoms with E-state index in [4.69, 9.17) is 4.99 Å². The van der Waals surface area contributed by atoms with Gasteiger partial charge in [-0.2, -0.15) is 11.8 Å². The van der Waals surface area contributed by atoms with Crippen LogP contribution < -0.4 is 10.6 Å². The van der Waals surface area contributed by atoms with Crippen LogP contribution in [0.25, 0.3) is 0 Å². The molecule has 7 heteroatoms. The highest BCUT2D eigenvalue weighted by Gasteiger charge is 2.16. The Morgan fingerprint density at radius 2 is 2.09 bits per heavy atom. The normalized spacial score (nSPS) is 16.0. The molecule has 1 saturated carbocycles. The molecule has 2 N–H and O–H groups in total. The van der Waals surface area contributed by atoms with Crippen LogP contribution in [-0.2, 0) is 13.6 Å². The number of aliphatic imine (C=N–C) groups is 1. The molecule has 23 heavy (non-hydrogen) atoms. The van der Waals surface area contributed by atoms with E-state index in [1.54, 1.807) is 0 Å². The largest absolute Gasteiger partial charge is 0.356 e. The van der Waals surface area contributed by atoms with Crippen LogP contribution in [0.4, 0.5) is 0 Å². The minimum Gasteiger partial charge on any atom is -0.356 e. The molecule has 0 aromatic carbocycles. The molecular formula is C16H30N6S. The Bertz CT molecular complexity index is 493. The molecular weight excluding hydrogens is 308 g/mol.